The van der Waals surface area contributed by atoms with Gasteiger partial charge in [0, 0.05) is 19.5 Å². The van der Waals surface area contributed by atoms with E-state index in [2.05, 4.69) is 20.8 Å². The third-order valence-electron chi connectivity index (χ3n) is 3.37. The van der Waals surface area contributed by atoms with E-state index in [1.807, 2.05) is 4.90 Å². The molecule has 16 heavy (non-hydrogen) atoms. The Morgan fingerprint density at radius 3 is 2.62 bits per heavy atom. The highest BCUT2D eigenvalue weighted by molar-refractivity contribution is 5.76. The van der Waals surface area contributed by atoms with Crippen LogP contribution in [-0.2, 0) is 4.79 Å². The summed E-state index contributed by atoms with van der Waals surface area (Å²) < 4.78 is 0. The van der Waals surface area contributed by atoms with Crippen molar-refractivity contribution in [3.8, 4) is 0 Å². The highest BCUT2D eigenvalue weighted by Gasteiger charge is 2.25. The molecule has 1 saturated heterocycles. The molecule has 0 aromatic carbocycles. The van der Waals surface area contributed by atoms with Crippen LogP contribution < -0.4 is 5.73 Å². The second-order valence-corrected chi connectivity index (χ2v) is 5.67. The number of amides is 1. The minimum Gasteiger partial charge on any atom is -0.342 e. The predicted octanol–water partition coefficient (Wildman–Crippen LogP) is 1.87. The van der Waals surface area contributed by atoms with E-state index in [1.54, 1.807) is 0 Å². The summed E-state index contributed by atoms with van der Waals surface area (Å²) in [7, 11) is 0. The number of hydrogen-bond acceptors (Lipinski definition) is 2. The molecular formula is C13H26N2O. The molecule has 3 heteroatoms. The maximum atomic E-state index is 12.0. The second kappa shape index (κ2) is 6.24. The van der Waals surface area contributed by atoms with Gasteiger partial charge in [0.2, 0.25) is 5.91 Å². The average Bonchev–Trinajstić information content (AvgIpc) is 2.64. The lowest BCUT2D eigenvalue weighted by atomic mass is 9.95. The molecule has 1 fully saturated rings. The molecule has 0 spiro atoms. The van der Waals surface area contributed by atoms with Crippen molar-refractivity contribution in [1.82, 2.24) is 4.90 Å². The molecule has 0 saturated carbocycles. The van der Waals surface area contributed by atoms with Gasteiger partial charge in [0.05, 0.1) is 0 Å². The Hall–Kier alpha value is -0.570. The van der Waals surface area contributed by atoms with Gasteiger partial charge in [-0.05, 0) is 37.1 Å². The summed E-state index contributed by atoms with van der Waals surface area (Å²) in [6, 6.07) is 0. The molecule has 3 nitrogen and oxygen atoms in total. The fourth-order valence-corrected chi connectivity index (χ4v) is 2.57. The van der Waals surface area contributed by atoms with Gasteiger partial charge in [-0.3, -0.25) is 4.79 Å². The molecule has 1 amide bonds. The number of hydrogen-bond donors (Lipinski definition) is 1. The van der Waals surface area contributed by atoms with Gasteiger partial charge < -0.3 is 10.6 Å². The standard InChI is InChI=1S/C13H26N2O/c1-10(2)6-11(3)7-13(16)15-5-4-12(8-14)9-15/h10-12H,4-9,14H2,1-3H3. The fourth-order valence-electron chi connectivity index (χ4n) is 2.57. The van der Waals surface area contributed by atoms with E-state index >= 15 is 0 Å². The van der Waals surface area contributed by atoms with Crippen LogP contribution in [0.25, 0.3) is 0 Å². The van der Waals surface area contributed by atoms with E-state index in [9.17, 15) is 4.79 Å². The first-order chi connectivity index (χ1) is 7.52. The lowest BCUT2D eigenvalue weighted by Crippen LogP contribution is -2.31. The third-order valence-corrected chi connectivity index (χ3v) is 3.37. The van der Waals surface area contributed by atoms with Gasteiger partial charge in [0.1, 0.15) is 0 Å². The van der Waals surface area contributed by atoms with Gasteiger partial charge in [-0.15, -0.1) is 0 Å². The molecule has 1 rings (SSSR count). The monoisotopic (exact) mass is 226 g/mol. The zero-order valence-electron chi connectivity index (χ0n) is 10.9. The molecule has 1 aliphatic heterocycles. The van der Waals surface area contributed by atoms with Gasteiger partial charge in [0.25, 0.3) is 0 Å². The molecule has 0 bridgehead atoms. The first kappa shape index (κ1) is 13.5. The predicted molar refractivity (Wildman–Crippen MR) is 67.0 cm³/mol. The first-order valence-electron chi connectivity index (χ1n) is 6.50. The van der Waals surface area contributed by atoms with E-state index in [0.29, 0.717) is 36.6 Å². The van der Waals surface area contributed by atoms with Gasteiger partial charge in [-0.2, -0.15) is 0 Å². The smallest absolute Gasteiger partial charge is 0.222 e. The molecule has 1 heterocycles. The zero-order chi connectivity index (χ0) is 12.1. The van der Waals surface area contributed by atoms with Crippen LogP contribution in [0.3, 0.4) is 0 Å². The Labute approximate surface area is 99.4 Å². The van der Waals surface area contributed by atoms with Crippen LogP contribution in [0, 0.1) is 17.8 Å². The lowest BCUT2D eigenvalue weighted by molar-refractivity contribution is -0.131. The minimum atomic E-state index is 0.323. The van der Waals surface area contributed by atoms with Crippen molar-refractivity contribution in [3.63, 3.8) is 0 Å². The summed E-state index contributed by atoms with van der Waals surface area (Å²) in [5, 5.41) is 0. The van der Waals surface area contributed by atoms with Crippen LogP contribution >= 0.6 is 0 Å². The molecule has 0 aromatic rings. The highest BCUT2D eigenvalue weighted by Crippen LogP contribution is 2.20. The largest absolute Gasteiger partial charge is 0.342 e. The van der Waals surface area contributed by atoms with E-state index in [-0.39, 0.29) is 0 Å². The van der Waals surface area contributed by atoms with Crippen LogP contribution in [0.5, 0.6) is 0 Å². The Balaban J connectivity index is 2.30. The van der Waals surface area contributed by atoms with E-state index < -0.39 is 0 Å². The first-order valence-corrected chi connectivity index (χ1v) is 6.50. The van der Waals surface area contributed by atoms with Crippen LogP contribution in [0.2, 0.25) is 0 Å². The maximum absolute atomic E-state index is 12.0. The highest BCUT2D eigenvalue weighted by atomic mass is 16.2. The molecule has 0 radical (unpaired) electrons. The SMILES string of the molecule is CC(C)CC(C)CC(=O)N1CCC(CN)C1. The summed E-state index contributed by atoms with van der Waals surface area (Å²) in [5.74, 6) is 2.04. The third kappa shape index (κ3) is 4.12. The Morgan fingerprint density at radius 2 is 2.12 bits per heavy atom. The lowest BCUT2D eigenvalue weighted by Gasteiger charge is -2.20. The summed E-state index contributed by atoms with van der Waals surface area (Å²) in [6.45, 7) is 9.10. The van der Waals surface area contributed by atoms with E-state index in [1.165, 1.54) is 0 Å². The van der Waals surface area contributed by atoms with Crippen LogP contribution in [0.4, 0.5) is 0 Å². The van der Waals surface area contributed by atoms with Crippen LogP contribution in [-0.4, -0.2) is 30.4 Å². The number of nitrogens with two attached hydrogens (primary N) is 1. The number of rotatable bonds is 5. The molecule has 2 N–H and O–H groups in total. The van der Waals surface area contributed by atoms with Crippen molar-refractivity contribution in [2.75, 3.05) is 19.6 Å². The van der Waals surface area contributed by atoms with E-state index in [0.717, 1.165) is 25.9 Å². The van der Waals surface area contributed by atoms with Crippen molar-refractivity contribution < 1.29 is 4.79 Å². The normalized spacial score (nSPS) is 22.8. The van der Waals surface area contributed by atoms with Crippen molar-refractivity contribution >= 4 is 5.91 Å². The van der Waals surface area contributed by atoms with Gasteiger partial charge >= 0.3 is 0 Å². The molecule has 0 aliphatic carbocycles. The number of carbonyl (C=O) groups is 1. The van der Waals surface area contributed by atoms with Gasteiger partial charge in [-0.25, -0.2) is 0 Å². The van der Waals surface area contributed by atoms with Crippen molar-refractivity contribution in [1.29, 1.82) is 0 Å². The summed E-state index contributed by atoms with van der Waals surface area (Å²) in [5.41, 5.74) is 5.63. The van der Waals surface area contributed by atoms with Crippen molar-refractivity contribution in [2.45, 2.75) is 40.0 Å². The zero-order valence-corrected chi connectivity index (χ0v) is 10.9. The topological polar surface area (TPSA) is 46.3 Å². The number of likely N-dealkylation sites (tertiary alicyclic amines) is 1. The molecule has 2 atom stereocenters. The summed E-state index contributed by atoms with van der Waals surface area (Å²) in [4.78, 5) is 14.0. The Morgan fingerprint density at radius 1 is 1.44 bits per heavy atom. The molecule has 94 valence electrons. The average molecular weight is 226 g/mol. The second-order valence-electron chi connectivity index (χ2n) is 5.67. The Kier molecular flexibility index (Phi) is 5.26. The number of nitrogens with zero attached hydrogens (tertiary/aromatic N) is 1. The van der Waals surface area contributed by atoms with Crippen LogP contribution in [0.15, 0.2) is 0 Å². The van der Waals surface area contributed by atoms with Crippen molar-refractivity contribution in [3.05, 3.63) is 0 Å². The molecule has 2 unspecified atom stereocenters. The van der Waals surface area contributed by atoms with Crippen molar-refractivity contribution in [2.24, 2.45) is 23.5 Å². The van der Waals surface area contributed by atoms with E-state index in [4.69, 9.17) is 5.73 Å². The number of carbonyl (C=O) groups excluding carboxylic acids is 1. The summed E-state index contributed by atoms with van der Waals surface area (Å²) in [6.07, 6.45) is 2.93. The molecule has 1 aliphatic rings. The van der Waals surface area contributed by atoms with Gasteiger partial charge in [-0.1, -0.05) is 20.8 Å². The summed E-state index contributed by atoms with van der Waals surface area (Å²) >= 11 is 0. The Bertz CT molecular complexity index is 228. The minimum absolute atomic E-state index is 0.323. The van der Waals surface area contributed by atoms with Gasteiger partial charge in [0.15, 0.2) is 0 Å². The fraction of sp³-hybridized carbons (Fsp3) is 0.923. The molecular weight excluding hydrogens is 200 g/mol. The molecule has 0 aromatic heterocycles. The maximum Gasteiger partial charge on any atom is 0.222 e. The van der Waals surface area contributed by atoms with Crippen LogP contribution in [0.1, 0.15) is 40.0 Å². The quantitative estimate of drug-likeness (QED) is 0.778.